The Morgan fingerprint density at radius 2 is 2.08 bits per heavy atom. The Labute approximate surface area is 74.9 Å². The fraction of sp³-hybridized carbons (Fsp3) is 1.00. The minimum Gasteiger partial charge on any atom is -0.383 e. The monoisotopic (exact) mass is 172 g/mol. The van der Waals surface area contributed by atoms with E-state index < -0.39 is 0 Å². The van der Waals surface area contributed by atoms with E-state index in [4.69, 9.17) is 4.74 Å². The number of hydrogen-bond acceptors (Lipinski definition) is 3. The SMILES string of the molecule is COCCNCCNC1CC1C. The number of nitrogens with one attached hydrogen (secondary N) is 2. The molecule has 0 spiro atoms. The van der Waals surface area contributed by atoms with Crippen LogP contribution in [0.3, 0.4) is 0 Å². The van der Waals surface area contributed by atoms with Gasteiger partial charge in [-0.05, 0) is 12.3 Å². The Morgan fingerprint density at radius 3 is 2.67 bits per heavy atom. The molecule has 1 aliphatic rings. The van der Waals surface area contributed by atoms with Crippen LogP contribution >= 0.6 is 0 Å². The van der Waals surface area contributed by atoms with Crippen molar-refractivity contribution < 1.29 is 4.74 Å². The van der Waals surface area contributed by atoms with Gasteiger partial charge in [0.05, 0.1) is 6.61 Å². The molecule has 0 heterocycles. The first kappa shape index (κ1) is 9.96. The van der Waals surface area contributed by atoms with Crippen molar-refractivity contribution in [1.29, 1.82) is 0 Å². The van der Waals surface area contributed by atoms with Crippen LogP contribution in [0.2, 0.25) is 0 Å². The molecule has 1 saturated carbocycles. The number of hydrogen-bond donors (Lipinski definition) is 2. The minimum atomic E-state index is 0.800. The first-order valence-corrected chi connectivity index (χ1v) is 4.77. The van der Waals surface area contributed by atoms with E-state index in [9.17, 15) is 0 Å². The van der Waals surface area contributed by atoms with Crippen molar-refractivity contribution >= 4 is 0 Å². The van der Waals surface area contributed by atoms with E-state index in [2.05, 4.69) is 17.6 Å². The molecular formula is C9H20N2O. The summed E-state index contributed by atoms with van der Waals surface area (Å²) >= 11 is 0. The predicted octanol–water partition coefficient (Wildman–Crippen LogP) is 0.220. The highest BCUT2D eigenvalue weighted by Gasteiger charge is 2.31. The van der Waals surface area contributed by atoms with Crippen LogP contribution in [0.1, 0.15) is 13.3 Å². The molecule has 2 N–H and O–H groups in total. The molecule has 0 aromatic heterocycles. The van der Waals surface area contributed by atoms with Crippen LogP contribution in [-0.2, 0) is 4.74 Å². The summed E-state index contributed by atoms with van der Waals surface area (Å²) in [6.07, 6.45) is 1.36. The van der Waals surface area contributed by atoms with E-state index in [1.54, 1.807) is 7.11 Å². The van der Waals surface area contributed by atoms with Gasteiger partial charge in [-0.3, -0.25) is 0 Å². The predicted molar refractivity (Wildman–Crippen MR) is 50.3 cm³/mol. The standard InChI is InChI=1S/C9H20N2O/c1-8-7-9(8)11-4-3-10-5-6-12-2/h8-11H,3-7H2,1-2H3. The molecule has 1 aliphatic carbocycles. The van der Waals surface area contributed by atoms with Gasteiger partial charge in [-0.1, -0.05) is 6.92 Å². The van der Waals surface area contributed by atoms with E-state index in [0.717, 1.165) is 38.2 Å². The summed E-state index contributed by atoms with van der Waals surface area (Å²) < 4.78 is 4.92. The molecule has 0 bridgehead atoms. The van der Waals surface area contributed by atoms with Gasteiger partial charge in [0.15, 0.2) is 0 Å². The van der Waals surface area contributed by atoms with Crippen molar-refractivity contribution in [3.63, 3.8) is 0 Å². The smallest absolute Gasteiger partial charge is 0.0587 e. The highest BCUT2D eigenvalue weighted by Crippen LogP contribution is 2.28. The lowest BCUT2D eigenvalue weighted by Crippen LogP contribution is -2.30. The maximum atomic E-state index is 4.92. The van der Waals surface area contributed by atoms with Crippen LogP contribution in [0.4, 0.5) is 0 Å². The summed E-state index contributed by atoms with van der Waals surface area (Å²) in [5.74, 6) is 0.906. The second kappa shape index (κ2) is 5.51. The molecule has 0 radical (unpaired) electrons. The third-order valence-electron chi connectivity index (χ3n) is 2.30. The molecule has 3 heteroatoms. The van der Waals surface area contributed by atoms with Crippen LogP contribution in [0.15, 0.2) is 0 Å². The molecule has 1 rings (SSSR count). The Hall–Kier alpha value is -0.120. The van der Waals surface area contributed by atoms with E-state index in [1.165, 1.54) is 6.42 Å². The van der Waals surface area contributed by atoms with Gasteiger partial charge in [0, 0.05) is 32.8 Å². The second-order valence-electron chi connectivity index (χ2n) is 3.52. The topological polar surface area (TPSA) is 33.3 Å². The largest absolute Gasteiger partial charge is 0.383 e. The average molecular weight is 172 g/mol. The molecule has 12 heavy (non-hydrogen) atoms. The molecule has 1 fully saturated rings. The minimum absolute atomic E-state index is 0.800. The lowest BCUT2D eigenvalue weighted by Gasteiger charge is -2.04. The van der Waals surface area contributed by atoms with Gasteiger partial charge in [0.25, 0.3) is 0 Å². The summed E-state index contributed by atoms with van der Waals surface area (Å²) in [5, 5.41) is 6.78. The third kappa shape index (κ3) is 4.04. The van der Waals surface area contributed by atoms with Gasteiger partial charge in [-0.2, -0.15) is 0 Å². The summed E-state index contributed by atoms with van der Waals surface area (Å²) in [6.45, 7) is 6.18. The van der Waals surface area contributed by atoms with Crippen LogP contribution < -0.4 is 10.6 Å². The zero-order valence-corrected chi connectivity index (χ0v) is 8.10. The lowest BCUT2D eigenvalue weighted by molar-refractivity contribution is 0.199. The summed E-state index contributed by atoms with van der Waals surface area (Å²) in [4.78, 5) is 0. The maximum Gasteiger partial charge on any atom is 0.0587 e. The molecule has 2 atom stereocenters. The van der Waals surface area contributed by atoms with Gasteiger partial charge in [-0.15, -0.1) is 0 Å². The number of rotatable bonds is 7. The Balaban J connectivity index is 1.72. The quantitative estimate of drug-likeness (QED) is 0.539. The number of methoxy groups -OCH3 is 1. The molecule has 3 nitrogen and oxygen atoms in total. The number of ether oxygens (including phenoxy) is 1. The molecular weight excluding hydrogens is 152 g/mol. The normalized spacial score (nSPS) is 27.5. The van der Waals surface area contributed by atoms with Crippen molar-refractivity contribution in [3.05, 3.63) is 0 Å². The van der Waals surface area contributed by atoms with Gasteiger partial charge in [-0.25, -0.2) is 0 Å². The van der Waals surface area contributed by atoms with Gasteiger partial charge >= 0.3 is 0 Å². The van der Waals surface area contributed by atoms with Crippen LogP contribution in [-0.4, -0.2) is 39.4 Å². The second-order valence-corrected chi connectivity index (χ2v) is 3.52. The van der Waals surface area contributed by atoms with Crippen LogP contribution in [0, 0.1) is 5.92 Å². The van der Waals surface area contributed by atoms with Crippen LogP contribution in [0.5, 0.6) is 0 Å². The fourth-order valence-corrected chi connectivity index (χ4v) is 1.25. The van der Waals surface area contributed by atoms with Gasteiger partial charge in [0.2, 0.25) is 0 Å². The van der Waals surface area contributed by atoms with E-state index in [1.807, 2.05) is 0 Å². The Kier molecular flexibility index (Phi) is 4.58. The maximum absolute atomic E-state index is 4.92. The van der Waals surface area contributed by atoms with Gasteiger partial charge < -0.3 is 15.4 Å². The fourth-order valence-electron chi connectivity index (χ4n) is 1.25. The molecule has 0 aliphatic heterocycles. The van der Waals surface area contributed by atoms with E-state index in [0.29, 0.717) is 0 Å². The lowest BCUT2D eigenvalue weighted by atomic mass is 10.4. The summed E-state index contributed by atoms with van der Waals surface area (Å²) in [6, 6.07) is 0.800. The van der Waals surface area contributed by atoms with E-state index in [-0.39, 0.29) is 0 Å². The third-order valence-corrected chi connectivity index (χ3v) is 2.30. The zero-order chi connectivity index (χ0) is 8.81. The molecule has 0 amide bonds. The first-order chi connectivity index (χ1) is 5.84. The molecule has 72 valence electrons. The molecule has 0 saturated heterocycles. The zero-order valence-electron chi connectivity index (χ0n) is 8.10. The van der Waals surface area contributed by atoms with E-state index >= 15 is 0 Å². The van der Waals surface area contributed by atoms with Crippen molar-refractivity contribution in [2.45, 2.75) is 19.4 Å². The highest BCUT2D eigenvalue weighted by molar-refractivity contribution is 4.89. The van der Waals surface area contributed by atoms with Crippen molar-refractivity contribution in [1.82, 2.24) is 10.6 Å². The molecule has 2 unspecified atom stereocenters. The summed E-state index contributed by atoms with van der Waals surface area (Å²) in [7, 11) is 1.73. The summed E-state index contributed by atoms with van der Waals surface area (Å²) in [5.41, 5.74) is 0. The van der Waals surface area contributed by atoms with Crippen molar-refractivity contribution in [2.75, 3.05) is 33.4 Å². The average Bonchev–Trinajstić information content (AvgIpc) is 2.74. The Bertz CT molecular complexity index is 119. The first-order valence-electron chi connectivity index (χ1n) is 4.77. The van der Waals surface area contributed by atoms with Gasteiger partial charge in [0.1, 0.15) is 0 Å². The van der Waals surface area contributed by atoms with Crippen LogP contribution in [0.25, 0.3) is 0 Å². The van der Waals surface area contributed by atoms with Crippen molar-refractivity contribution in [2.24, 2.45) is 5.92 Å². The molecule has 0 aromatic rings. The Morgan fingerprint density at radius 1 is 1.33 bits per heavy atom. The molecule has 0 aromatic carbocycles. The van der Waals surface area contributed by atoms with Crippen molar-refractivity contribution in [3.8, 4) is 0 Å². The highest BCUT2D eigenvalue weighted by atomic mass is 16.5.